The normalized spacial score (nSPS) is 12.2. The molecular formula is C50H30N2. The molecule has 1 aliphatic carbocycles. The number of hydrogen-bond donors (Lipinski definition) is 0. The summed E-state index contributed by atoms with van der Waals surface area (Å²) in [6, 6.07) is 67.1. The Balaban J connectivity index is 1.25. The molecule has 2 nitrogen and oxygen atoms in total. The van der Waals surface area contributed by atoms with Gasteiger partial charge in [-0.15, -0.1) is 0 Å². The molecule has 12 rings (SSSR count). The fraction of sp³-hybridized carbons (Fsp3) is 0. The molecule has 9 aromatic carbocycles. The van der Waals surface area contributed by atoms with Crippen molar-refractivity contribution in [2.45, 2.75) is 0 Å². The molecule has 1 aliphatic rings. The summed E-state index contributed by atoms with van der Waals surface area (Å²) in [5.41, 5.74) is 14.9. The van der Waals surface area contributed by atoms with Gasteiger partial charge in [-0.25, -0.2) is 0 Å². The van der Waals surface area contributed by atoms with Crippen molar-refractivity contribution in [3.8, 4) is 44.8 Å². The van der Waals surface area contributed by atoms with E-state index in [1.165, 1.54) is 104 Å². The molecule has 2 heteroatoms. The summed E-state index contributed by atoms with van der Waals surface area (Å²) in [5, 5.41) is 10.3. The van der Waals surface area contributed by atoms with Crippen molar-refractivity contribution in [2.24, 2.45) is 0 Å². The molecule has 11 aromatic rings. The molecule has 0 bridgehead atoms. The number of nitrogens with zero attached hydrogens (tertiary/aromatic N) is 2. The van der Waals surface area contributed by atoms with Crippen LogP contribution in [0.2, 0.25) is 0 Å². The molecule has 2 heterocycles. The highest BCUT2D eigenvalue weighted by Crippen LogP contribution is 2.50. The van der Waals surface area contributed by atoms with Gasteiger partial charge >= 0.3 is 0 Å². The standard InChI is InChI=1S/C50H30N2/c1-2-13-31(14-3-1)33-17-10-18-34(29-33)51-45-26-9-7-22-42(45)48-49(51)40-20-5-4-19-38(40)47-41-21-6-8-25-44(41)52(50(47)48)35-27-28-36-37-23-11-15-32-16-12-24-39(46(32)37)43(36)30-35/h1-30H. The Labute approximate surface area is 300 Å². The maximum Gasteiger partial charge on any atom is 0.0647 e. The quantitative estimate of drug-likeness (QED) is 0.179. The number of para-hydroxylation sites is 2. The van der Waals surface area contributed by atoms with Crippen LogP contribution >= 0.6 is 0 Å². The van der Waals surface area contributed by atoms with Gasteiger partial charge in [-0.3, -0.25) is 0 Å². The van der Waals surface area contributed by atoms with Crippen LogP contribution < -0.4 is 0 Å². The lowest BCUT2D eigenvalue weighted by atomic mass is 9.99. The monoisotopic (exact) mass is 658 g/mol. The highest BCUT2D eigenvalue weighted by molar-refractivity contribution is 6.36. The summed E-state index contributed by atoms with van der Waals surface area (Å²) in [7, 11) is 0. The lowest BCUT2D eigenvalue weighted by molar-refractivity contribution is 1.18. The topological polar surface area (TPSA) is 9.86 Å². The molecule has 0 amide bonds. The molecule has 0 atom stereocenters. The number of benzene rings is 9. The van der Waals surface area contributed by atoms with Crippen molar-refractivity contribution in [1.29, 1.82) is 0 Å². The summed E-state index contributed by atoms with van der Waals surface area (Å²) in [6.07, 6.45) is 0. The second-order valence-corrected chi connectivity index (χ2v) is 14.1. The second kappa shape index (κ2) is 10.3. The minimum absolute atomic E-state index is 1.16. The summed E-state index contributed by atoms with van der Waals surface area (Å²) in [4.78, 5) is 0. The predicted octanol–water partition coefficient (Wildman–Crippen LogP) is 13.5. The molecule has 0 fully saturated rings. The number of hydrogen-bond acceptors (Lipinski definition) is 0. The van der Waals surface area contributed by atoms with Crippen LogP contribution in [-0.2, 0) is 0 Å². The number of fused-ring (bicyclic) bond motifs is 13. The van der Waals surface area contributed by atoms with Crippen molar-refractivity contribution < 1.29 is 0 Å². The molecule has 0 unspecified atom stereocenters. The zero-order chi connectivity index (χ0) is 33.9. The summed E-state index contributed by atoms with van der Waals surface area (Å²) in [5.74, 6) is 0. The summed E-state index contributed by atoms with van der Waals surface area (Å²) >= 11 is 0. The maximum atomic E-state index is 2.54. The molecule has 0 aliphatic heterocycles. The van der Waals surface area contributed by atoms with Gasteiger partial charge in [0.15, 0.2) is 0 Å². The highest BCUT2D eigenvalue weighted by atomic mass is 15.0. The van der Waals surface area contributed by atoms with E-state index >= 15 is 0 Å². The van der Waals surface area contributed by atoms with E-state index in [2.05, 4.69) is 191 Å². The van der Waals surface area contributed by atoms with Crippen LogP contribution in [0.15, 0.2) is 182 Å². The van der Waals surface area contributed by atoms with Gasteiger partial charge in [0.25, 0.3) is 0 Å². The third kappa shape index (κ3) is 3.63. The average Bonchev–Trinajstić information content (AvgIpc) is 3.86. The van der Waals surface area contributed by atoms with E-state index in [9.17, 15) is 0 Å². The van der Waals surface area contributed by atoms with Gasteiger partial charge in [0.2, 0.25) is 0 Å². The van der Waals surface area contributed by atoms with E-state index in [1.54, 1.807) is 0 Å². The largest absolute Gasteiger partial charge is 0.309 e. The van der Waals surface area contributed by atoms with Crippen LogP contribution in [-0.4, -0.2) is 9.13 Å². The van der Waals surface area contributed by atoms with E-state index in [4.69, 9.17) is 0 Å². The lowest BCUT2D eigenvalue weighted by Crippen LogP contribution is -1.97. The van der Waals surface area contributed by atoms with E-state index in [1.807, 2.05) is 0 Å². The smallest absolute Gasteiger partial charge is 0.0647 e. The summed E-state index contributed by atoms with van der Waals surface area (Å²) < 4.78 is 5.04. The van der Waals surface area contributed by atoms with Crippen LogP contribution in [0.3, 0.4) is 0 Å². The Morgan fingerprint density at radius 3 is 1.63 bits per heavy atom. The number of rotatable bonds is 3. The molecule has 52 heavy (non-hydrogen) atoms. The first-order chi connectivity index (χ1) is 25.8. The van der Waals surface area contributed by atoms with Gasteiger partial charge in [-0.05, 0) is 85.9 Å². The third-order valence-corrected chi connectivity index (χ3v) is 11.4. The molecule has 0 saturated heterocycles. The first kappa shape index (κ1) is 27.9. The first-order valence-electron chi connectivity index (χ1n) is 18.0. The SMILES string of the molecule is c1ccc(-c2cccc(-n3c4ccccc4c4c3c3ccccc3c3c5ccccc5n(-c5ccc6c(c5)-c5cccc7cccc-6c57)c34)c2)cc1. The van der Waals surface area contributed by atoms with Crippen LogP contribution in [0.1, 0.15) is 0 Å². The van der Waals surface area contributed by atoms with Crippen molar-refractivity contribution in [1.82, 2.24) is 9.13 Å². The lowest BCUT2D eigenvalue weighted by Gasteiger charge is -2.14. The van der Waals surface area contributed by atoms with Gasteiger partial charge in [0, 0.05) is 38.3 Å². The Morgan fingerprint density at radius 1 is 0.288 bits per heavy atom. The van der Waals surface area contributed by atoms with Crippen LogP contribution in [0, 0.1) is 0 Å². The predicted molar refractivity (Wildman–Crippen MR) is 220 cm³/mol. The van der Waals surface area contributed by atoms with Crippen molar-refractivity contribution in [3.05, 3.63) is 182 Å². The summed E-state index contributed by atoms with van der Waals surface area (Å²) in [6.45, 7) is 0. The van der Waals surface area contributed by atoms with Gasteiger partial charge in [0.05, 0.1) is 22.1 Å². The van der Waals surface area contributed by atoms with E-state index in [-0.39, 0.29) is 0 Å². The third-order valence-electron chi connectivity index (χ3n) is 11.4. The average molecular weight is 659 g/mol. The van der Waals surface area contributed by atoms with Gasteiger partial charge < -0.3 is 9.13 Å². The van der Waals surface area contributed by atoms with Crippen LogP contribution in [0.4, 0.5) is 0 Å². The molecule has 0 N–H and O–H groups in total. The fourth-order valence-electron chi connectivity index (χ4n) is 9.30. The van der Waals surface area contributed by atoms with Crippen molar-refractivity contribution in [3.63, 3.8) is 0 Å². The van der Waals surface area contributed by atoms with Crippen LogP contribution in [0.5, 0.6) is 0 Å². The Hall–Kier alpha value is -6.90. The molecule has 0 saturated carbocycles. The van der Waals surface area contributed by atoms with Crippen molar-refractivity contribution >= 4 is 65.2 Å². The minimum Gasteiger partial charge on any atom is -0.309 e. The minimum atomic E-state index is 1.16. The van der Waals surface area contributed by atoms with Crippen molar-refractivity contribution in [2.75, 3.05) is 0 Å². The van der Waals surface area contributed by atoms with E-state index in [0.717, 1.165) is 5.69 Å². The highest BCUT2D eigenvalue weighted by Gasteiger charge is 2.26. The zero-order valence-corrected chi connectivity index (χ0v) is 28.2. The number of aromatic nitrogens is 2. The Morgan fingerprint density at radius 2 is 0.865 bits per heavy atom. The Kier molecular flexibility index (Phi) is 5.53. The molecule has 0 spiro atoms. The maximum absolute atomic E-state index is 2.54. The van der Waals surface area contributed by atoms with Gasteiger partial charge in [0.1, 0.15) is 0 Å². The van der Waals surface area contributed by atoms with E-state index in [0.29, 0.717) is 0 Å². The van der Waals surface area contributed by atoms with Gasteiger partial charge in [-0.1, -0.05) is 146 Å². The first-order valence-corrected chi connectivity index (χ1v) is 18.0. The molecule has 240 valence electrons. The zero-order valence-electron chi connectivity index (χ0n) is 28.2. The second-order valence-electron chi connectivity index (χ2n) is 14.1. The van der Waals surface area contributed by atoms with E-state index < -0.39 is 0 Å². The van der Waals surface area contributed by atoms with Gasteiger partial charge in [-0.2, -0.15) is 0 Å². The molecule has 2 aromatic heterocycles. The fourth-order valence-corrected chi connectivity index (χ4v) is 9.30. The molecular weight excluding hydrogens is 629 g/mol. The Bertz CT molecular complexity index is 3280. The molecule has 0 radical (unpaired) electrons. The van der Waals surface area contributed by atoms with Crippen LogP contribution in [0.25, 0.3) is 110 Å².